The zero-order chi connectivity index (χ0) is 15.6. The van der Waals surface area contributed by atoms with Crippen molar-refractivity contribution in [2.75, 3.05) is 6.54 Å². The van der Waals surface area contributed by atoms with Crippen molar-refractivity contribution in [1.29, 1.82) is 0 Å². The molecule has 2 rings (SSSR count). The summed E-state index contributed by atoms with van der Waals surface area (Å²) in [6.07, 6.45) is -2.33. The molecule has 0 aromatic heterocycles. The van der Waals surface area contributed by atoms with Crippen LogP contribution in [-0.4, -0.2) is 23.4 Å². The molecule has 116 valence electrons. The van der Waals surface area contributed by atoms with Gasteiger partial charge in [-0.3, -0.25) is 4.79 Å². The van der Waals surface area contributed by atoms with Gasteiger partial charge in [-0.25, -0.2) is 0 Å². The topological polar surface area (TPSA) is 20.3 Å². The zero-order valence-corrected chi connectivity index (χ0v) is 12.3. The van der Waals surface area contributed by atoms with Gasteiger partial charge in [0.1, 0.15) is 0 Å². The van der Waals surface area contributed by atoms with E-state index >= 15 is 0 Å². The molecule has 0 atom stereocenters. The first-order valence-corrected chi connectivity index (χ1v) is 7.23. The average molecular weight is 299 g/mol. The van der Waals surface area contributed by atoms with Crippen LogP contribution in [-0.2, 0) is 17.4 Å². The summed E-state index contributed by atoms with van der Waals surface area (Å²) in [4.78, 5) is 14.2. The van der Waals surface area contributed by atoms with E-state index in [1.165, 1.54) is 6.07 Å². The zero-order valence-electron chi connectivity index (χ0n) is 12.3. The Morgan fingerprint density at radius 2 is 2.00 bits per heavy atom. The van der Waals surface area contributed by atoms with E-state index in [0.29, 0.717) is 18.0 Å². The number of halogens is 3. The molecule has 0 saturated heterocycles. The Labute approximate surface area is 122 Å². The standard InChI is InChI=1S/C16H20F3NO/c1-11(2)10-20(14-6-7-14)15(21)9-12-4-3-5-13(8-12)16(17,18)19/h3-5,8,11,14H,6-7,9-10H2,1-2H3. The van der Waals surface area contributed by atoms with Crippen LogP contribution in [0.4, 0.5) is 13.2 Å². The van der Waals surface area contributed by atoms with Gasteiger partial charge >= 0.3 is 6.18 Å². The second kappa shape index (κ2) is 6.08. The second-order valence-corrected chi connectivity index (χ2v) is 6.05. The molecule has 1 aliphatic rings. The Kier molecular flexibility index (Phi) is 4.59. The minimum Gasteiger partial charge on any atom is -0.339 e. The number of alkyl halides is 3. The van der Waals surface area contributed by atoms with Gasteiger partial charge in [0.15, 0.2) is 0 Å². The predicted molar refractivity (Wildman–Crippen MR) is 74.7 cm³/mol. The summed E-state index contributed by atoms with van der Waals surface area (Å²) >= 11 is 0. The summed E-state index contributed by atoms with van der Waals surface area (Å²) < 4.78 is 38.0. The summed E-state index contributed by atoms with van der Waals surface area (Å²) in [6, 6.07) is 5.31. The number of nitrogens with zero attached hydrogens (tertiary/aromatic N) is 1. The van der Waals surface area contributed by atoms with Crippen molar-refractivity contribution >= 4 is 5.91 Å². The fourth-order valence-corrected chi connectivity index (χ4v) is 2.37. The van der Waals surface area contributed by atoms with Crippen molar-refractivity contribution in [3.05, 3.63) is 35.4 Å². The monoisotopic (exact) mass is 299 g/mol. The molecular weight excluding hydrogens is 279 g/mol. The minimum absolute atomic E-state index is 0.0349. The van der Waals surface area contributed by atoms with E-state index in [4.69, 9.17) is 0 Å². The number of amides is 1. The molecule has 1 aromatic rings. The van der Waals surface area contributed by atoms with Crippen molar-refractivity contribution in [3.8, 4) is 0 Å². The molecule has 0 radical (unpaired) electrons. The van der Waals surface area contributed by atoms with E-state index in [0.717, 1.165) is 25.0 Å². The van der Waals surface area contributed by atoms with Crippen LogP contribution in [0, 0.1) is 5.92 Å². The third-order valence-electron chi connectivity index (χ3n) is 3.48. The molecule has 1 saturated carbocycles. The first-order valence-electron chi connectivity index (χ1n) is 7.23. The SMILES string of the molecule is CC(C)CN(C(=O)Cc1cccc(C(F)(F)F)c1)C1CC1. The van der Waals surface area contributed by atoms with Crippen LogP contribution < -0.4 is 0 Å². The lowest BCUT2D eigenvalue weighted by atomic mass is 10.1. The molecule has 0 bridgehead atoms. The number of hydrogen-bond donors (Lipinski definition) is 0. The second-order valence-electron chi connectivity index (χ2n) is 6.05. The van der Waals surface area contributed by atoms with Crippen molar-refractivity contribution in [2.45, 2.75) is 45.3 Å². The number of hydrogen-bond acceptors (Lipinski definition) is 1. The Morgan fingerprint density at radius 3 is 2.52 bits per heavy atom. The highest BCUT2D eigenvalue weighted by Gasteiger charge is 2.33. The molecule has 5 heteroatoms. The Bertz CT molecular complexity index is 506. The lowest BCUT2D eigenvalue weighted by molar-refractivity contribution is -0.138. The maximum atomic E-state index is 12.7. The van der Waals surface area contributed by atoms with Crippen LogP contribution in [0.5, 0.6) is 0 Å². The van der Waals surface area contributed by atoms with Crippen molar-refractivity contribution in [1.82, 2.24) is 4.90 Å². The smallest absolute Gasteiger partial charge is 0.339 e. The first-order chi connectivity index (χ1) is 9.77. The van der Waals surface area contributed by atoms with Crippen LogP contribution >= 0.6 is 0 Å². The number of benzene rings is 1. The van der Waals surface area contributed by atoms with Gasteiger partial charge in [0.2, 0.25) is 5.91 Å². The molecule has 1 aromatic carbocycles. The fourth-order valence-electron chi connectivity index (χ4n) is 2.37. The van der Waals surface area contributed by atoms with Crippen LogP contribution in [0.3, 0.4) is 0 Å². The lowest BCUT2D eigenvalue weighted by Gasteiger charge is -2.24. The fraction of sp³-hybridized carbons (Fsp3) is 0.562. The van der Waals surface area contributed by atoms with Crippen LogP contribution in [0.1, 0.15) is 37.8 Å². The largest absolute Gasteiger partial charge is 0.416 e. The van der Waals surface area contributed by atoms with Crippen LogP contribution in [0.25, 0.3) is 0 Å². The highest BCUT2D eigenvalue weighted by atomic mass is 19.4. The number of carbonyl (C=O) groups is 1. The van der Waals surface area contributed by atoms with Gasteiger partial charge in [-0.1, -0.05) is 32.0 Å². The van der Waals surface area contributed by atoms with Gasteiger partial charge in [0, 0.05) is 12.6 Å². The van der Waals surface area contributed by atoms with E-state index in [9.17, 15) is 18.0 Å². The van der Waals surface area contributed by atoms with Crippen molar-refractivity contribution < 1.29 is 18.0 Å². The normalized spacial score (nSPS) is 15.3. The lowest BCUT2D eigenvalue weighted by Crippen LogP contribution is -2.37. The van der Waals surface area contributed by atoms with E-state index in [1.54, 1.807) is 6.07 Å². The summed E-state index contributed by atoms with van der Waals surface area (Å²) in [7, 11) is 0. The Balaban J connectivity index is 2.07. The minimum atomic E-state index is -4.37. The maximum Gasteiger partial charge on any atom is 0.416 e. The van der Waals surface area contributed by atoms with E-state index in [-0.39, 0.29) is 18.4 Å². The Morgan fingerprint density at radius 1 is 1.33 bits per heavy atom. The summed E-state index contributed by atoms with van der Waals surface area (Å²) in [5.74, 6) is 0.279. The van der Waals surface area contributed by atoms with Gasteiger partial charge in [-0.15, -0.1) is 0 Å². The quantitative estimate of drug-likeness (QED) is 0.807. The van der Waals surface area contributed by atoms with Crippen LogP contribution in [0.15, 0.2) is 24.3 Å². The van der Waals surface area contributed by atoms with E-state index < -0.39 is 11.7 Å². The molecule has 1 fully saturated rings. The van der Waals surface area contributed by atoms with Gasteiger partial charge in [-0.2, -0.15) is 13.2 Å². The summed E-state index contributed by atoms with van der Waals surface area (Å²) in [6.45, 7) is 4.74. The molecule has 1 amide bonds. The van der Waals surface area contributed by atoms with Gasteiger partial charge in [-0.05, 0) is 30.4 Å². The molecule has 0 spiro atoms. The molecule has 0 heterocycles. The van der Waals surface area contributed by atoms with Gasteiger partial charge in [0.25, 0.3) is 0 Å². The number of rotatable bonds is 5. The first kappa shape index (κ1) is 15.9. The Hall–Kier alpha value is -1.52. The molecule has 0 aliphatic heterocycles. The number of carbonyl (C=O) groups excluding carboxylic acids is 1. The van der Waals surface area contributed by atoms with Crippen molar-refractivity contribution in [3.63, 3.8) is 0 Å². The molecule has 21 heavy (non-hydrogen) atoms. The molecular formula is C16H20F3NO. The average Bonchev–Trinajstić information content (AvgIpc) is 3.19. The molecule has 0 N–H and O–H groups in total. The molecule has 0 unspecified atom stereocenters. The summed E-state index contributed by atoms with van der Waals surface area (Å²) in [5, 5.41) is 0. The molecule has 2 nitrogen and oxygen atoms in total. The highest BCUT2D eigenvalue weighted by Crippen LogP contribution is 2.31. The third-order valence-corrected chi connectivity index (χ3v) is 3.48. The van der Waals surface area contributed by atoms with E-state index in [1.807, 2.05) is 18.7 Å². The molecule has 1 aliphatic carbocycles. The van der Waals surface area contributed by atoms with E-state index in [2.05, 4.69) is 0 Å². The van der Waals surface area contributed by atoms with Crippen molar-refractivity contribution in [2.24, 2.45) is 5.92 Å². The van der Waals surface area contributed by atoms with Gasteiger partial charge < -0.3 is 4.90 Å². The predicted octanol–water partition coefficient (Wildman–Crippen LogP) is 3.89. The maximum absolute atomic E-state index is 12.7. The third kappa shape index (κ3) is 4.48. The highest BCUT2D eigenvalue weighted by molar-refractivity contribution is 5.79. The summed E-state index contributed by atoms with van der Waals surface area (Å²) in [5.41, 5.74) is -0.279. The van der Waals surface area contributed by atoms with Crippen LogP contribution in [0.2, 0.25) is 0 Å². The van der Waals surface area contributed by atoms with Gasteiger partial charge in [0.05, 0.1) is 12.0 Å².